The summed E-state index contributed by atoms with van der Waals surface area (Å²) in [4.78, 5) is 27.0. The SMILES string of the molecule is CCN(CC)S(=O)(=O)c1ccc(C(=O)N2CCNC(=O)C2c2ccccc2F)cc1. The van der Waals surface area contributed by atoms with Crippen molar-refractivity contribution in [1.29, 1.82) is 0 Å². The number of carbonyl (C=O) groups is 2. The smallest absolute Gasteiger partial charge is 0.254 e. The van der Waals surface area contributed by atoms with Crippen LogP contribution in [0.1, 0.15) is 35.8 Å². The summed E-state index contributed by atoms with van der Waals surface area (Å²) in [7, 11) is -3.64. The van der Waals surface area contributed by atoms with Crippen LogP contribution in [0.15, 0.2) is 53.4 Å². The fraction of sp³-hybridized carbons (Fsp3) is 0.333. The number of halogens is 1. The number of piperazine rings is 1. The molecule has 1 N–H and O–H groups in total. The molecule has 0 bridgehead atoms. The summed E-state index contributed by atoms with van der Waals surface area (Å²) in [5.74, 6) is -1.50. The highest BCUT2D eigenvalue weighted by Gasteiger charge is 2.36. The molecule has 2 aromatic carbocycles. The number of nitrogens with zero attached hydrogens (tertiary/aromatic N) is 2. The molecular formula is C21H24FN3O4S. The molecular weight excluding hydrogens is 409 g/mol. The Kier molecular flexibility index (Phi) is 6.52. The van der Waals surface area contributed by atoms with Crippen LogP contribution in [0, 0.1) is 5.82 Å². The van der Waals surface area contributed by atoms with Crippen molar-refractivity contribution in [1.82, 2.24) is 14.5 Å². The van der Waals surface area contributed by atoms with Crippen LogP contribution in [-0.4, -0.2) is 55.6 Å². The summed E-state index contributed by atoms with van der Waals surface area (Å²) in [6.07, 6.45) is 0. The molecule has 0 aliphatic carbocycles. The Labute approximate surface area is 175 Å². The fourth-order valence-electron chi connectivity index (χ4n) is 3.54. The molecule has 1 saturated heterocycles. The van der Waals surface area contributed by atoms with E-state index in [1.54, 1.807) is 19.9 Å². The summed E-state index contributed by atoms with van der Waals surface area (Å²) in [6, 6.07) is 10.3. The molecule has 1 heterocycles. The monoisotopic (exact) mass is 433 g/mol. The van der Waals surface area contributed by atoms with Gasteiger partial charge in [-0.25, -0.2) is 12.8 Å². The van der Waals surface area contributed by atoms with Crippen LogP contribution >= 0.6 is 0 Å². The third-order valence-corrected chi connectivity index (χ3v) is 7.18. The Morgan fingerprint density at radius 2 is 1.77 bits per heavy atom. The van der Waals surface area contributed by atoms with Crippen molar-refractivity contribution in [3.63, 3.8) is 0 Å². The van der Waals surface area contributed by atoms with Gasteiger partial charge in [0.25, 0.3) is 5.91 Å². The van der Waals surface area contributed by atoms with Gasteiger partial charge in [0.1, 0.15) is 11.9 Å². The Morgan fingerprint density at radius 3 is 2.37 bits per heavy atom. The highest BCUT2D eigenvalue weighted by molar-refractivity contribution is 7.89. The molecule has 9 heteroatoms. The first-order valence-electron chi connectivity index (χ1n) is 9.74. The molecule has 0 spiro atoms. The van der Waals surface area contributed by atoms with Crippen molar-refractivity contribution in [3.05, 3.63) is 65.5 Å². The lowest BCUT2D eigenvalue weighted by Crippen LogP contribution is -2.52. The molecule has 1 aliphatic rings. The maximum Gasteiger partial charge on any atom is 0.254 e. The lowest BCUT2D eigenvalue weighted by Gasteiger charge is -2.35. The molecule has 2 amide bonds. The minimum Gasteiger partial charge on any atom is -0.352 e. The summed E-state index contributed by atoms with van der Waals surface area (Å²) < 4.78 is 40.9. The average Bonchev–Trinajstić information content (AvgIpc) is 2.74. The molecule has 1 aliphatic heterocycles. The van der Waals surface area contributed by atoms with E-state index in [1.807, 2.05) is 0 Å². The third kappa shape index (κ3) is 4.08. The summed E-state index contributed by atoms with van der Waals surface area (Å²) in [6.45, 7) is 4.65. The largest absolute Gasteiger partial charge is 0.352 e. The minimum atomic E-state index is -3.64. The van der Waals surface area contributed by atoms with E-state index in [1.165, 1.54) is 51.7 Å². The van der Waals surface area contributed by atoms with E-state index in [-0.39, 0.29) is 29.1 Å². The standard InChI is InChI=1S/C21H24FN3O4S/c1-3-24(4-2)30(28,29)16-11-9-15(10-12-16)21(27)25-14-13-23-20(26)19(25)17-7-5-6-8-18(17)22/h5-12,19H,3-4,13-14H2,1-2H3,(H,23,26). The van der Waals surface area contributed by atoms with Crippen molar-refractivity contribution in [3.8, 4) is 0 Å². The van der Waals surface area contributed by atoms with E-state index in [0.29, 0.717) is 13.1 Å². The zero-order chi connectivity index (χ0) is 21.9. The van der Waals surface area contributed by atoms with E-state index < -0.39 is 33.7 Å². The average molecular weight is 434 g/mol. The van der Waals surface area contributed by atoms with Gasteiger partial charge in [-0.05, 0) is 30.3 Å². The van der Waals surface area contributed by atoms with Gasteiger partial charge in [-0.1, -0.05) is 32.0 Å². The molecule has 1 unspecified atom stereocenters. The summed E-state index contributed by atoms with van der Waals surface area (Å²) in [5.41, 5.74) is 0.341. The number of hydrogen-bond donors (Lipinski definition) is 1. The van der Waals surface area contributed by atoms with Crippen molar-refractivity contribution >= 4 is 21.8 Å². The molecule has 0 aromatic heterocycles. The Bertz CT molecular complexity index is 1040. The van der Waals surface area contributed by atoms with Crippen LogP contribution in [0.25, 0.3) is 0 Å². The fourth-order valence-corrected chi connectivity index (χ4v) is 5.00. The van der Waals surface area contributed by atoms with Crippen molar-refractivity contribution in [2.45, 2.75) is 24.8 Å². The second kappa shape index (κ2) is 8.93. The van der Waals surface area contributed by atoms with Gasteiger partial charge in [0.2, 0.25) is 15.9 Å². The van der Waals surface area contributed by atoms with Gasteiger partial charge in [0.05, 0.1) is 4.90 Å². The lowest BCUT2D eigenvalue weighted by atomic mass is 10.0. The molecule has 2 aromatic rings. The lowest BCUT2D eigenvalue weighted by molar-refractivity contribution is -0.128. The van der Waals surface area contributed by atoms with E-state index in [9.17, 15) is 22.4 Å². The summed E-state index contributed by atoms with van der Waals surface area (Å²) in [5, 5.41) is 2.66. The van der Waals surface area contributed by atoms with E-state index in [0.717, 1.165) is 0 Å². The van der Waals surface area contributed by atoms with E-state index >= 15 is 0 Å². The van der Waals surface area contributed by atoms with Gasteiger partial charge < -0.3 is 10.2 Å². The van der Waals surface area contributed by atoms with Crippen LogP contribution < -0.4 is 5.32 Å². The predicted molar refractivity (Wildman–Crippen MR) is 110 cm³/mol. The number of carbonyl (C=O) groups excluding carboxylic acids is 2. The van der Waals surface area contributed by atoms with Crippen LogP contribution in [0.3, 0.4) is 0 Å². The van der Waals surface area contributed by atoms with Crippen molar-refractivity contribution in [2.75, 3.05) is 26.2 Å². The van der Waals surface area contributed by atoms with Gasteiger partial charge in [-0.3, -0.25) is 9.59 Å². The first-order valence-corrected chi connectivity index (χ1v) is 11.2. The van der Waals surface area contributed by atoms with Crippen molar-refractivity contribution in [2.24, 2.45) is 0 Å². The summed E-state index contributed by atoms with van der Waals surface area (Å²) >= 11 is 0. The van der Waals surface area contributed by atoms with Crippen LogP contribution in [0.5, 0.6) is 0 Å². The predicted octanol–water partition coefficient (Wildman–Crippen LogP) is 2.17. The number of nitrogens with one attached hydrogen (secondary N) is 1. The molecule has 3 rings (SSSR count). The first kappa shape index (κ1) is 21.9. The molecule has 160 valence electrons. The van der Waals surface area contributed by atoms with Crippen LogP contribution in [0.2, 0.25) is 0 Å². The first-order chi connectivity index (χ1) is 14.3. The van der Waals surface area contributed by atoms with E-state index in [4.69, 9.17) is 0 Å². The van der Waals surface area contributed by atoms with Gasteiger partial charge >= 0.3 is 0 Å². The molecule has 30 heavy (non-hydrogen) atoms. The van der Waals surface area contributed by atoms with Gasteiger partial charge in [0.15, 0.2) is 0 Å². The minimum absolute atomic E-state index is 0.0878. The van der Waals surface area contributed by atoms with Crippen LogP contribution in [-0.2, 0) is 14.8 Å². The molecule has 7 nitrogen and oxygen atoms in total. The molecule has 1 atom stereocenters. The molecule has 0 saturated carbocycles. The van der Waals surface area contributed by atoms with Crippen molar-refractivity contribution < 1.29 is 22.4 Å². The quantitative estimate of drug-likeness (QED) is 0.757. The molecule has 0 radical (unpaired) electrons. The second-order valence-corrected chi connectivity index (χ2v) is 8.77. The van der Waals surface area contributed by atoms with Gasteiger partial charge in [-0.15, -0.1) is 0 Å². The number of benzene rings is 2. The van der Waals surface area contributed by atoms with Gasteiger partial charge in [0, 0.05) is 37.3 Å². The van der Waals surface area contributed by atoms with Gasteiger partial charge in [-0.2, -0.15) is 4.31 Å². The van der Waals surface area contributed by atoms with Crippen LogP contribution in [0.4, 0.5) is 4.39 Å². The highest BCUT2D eigenvalue weighted by Crippen LogP contribution is 2.27. The number of rotatable bonds is 6. The maximum atomic E-state index is 14.3. The zero-order valence-corrected chi connectivity index (χ0v) is 17.7. The number of hydrogen-bond acceptors (Lipinski definition) is 4. The number of sulfonamides is 1. The highest BCUT2D eigenvalue weighted by atomic mass is 32.2. The topological polar surface area (TPSA) is 86.8 Å². The number of amides is 2. The third-order valence-electron chi connectivity index (χ3n) is 5.12. The zero-order valence-electron chi connectivity index (χ0n) is 16.8. The normalized spacial score (nSPS) is 17.1. The van der Waals surface area contributed by atoms with E-state index in [2.05, 4.69) is 5.32 Å². The maximum absolute atomic E-state index is 14.3. The molecule has 1 fully saturated rings. The Hall–Kier alpha value is -2.78. The Morgan fingerprint density at radius 1 is 1.13 bits per heavy atom. The second-order valence-electron chi connectivity index (χ2n) is 6.83. The Balaban J connectivity index is 1.91.